The maximum Gasteiger partial charge on any atom is 0.0511 e. The van der Waals surface area contributed by atoms with E-state index in [2.05, 4.69) is 29.6 Å². The molecule has 2 heteroatoms. The van der Waals surface area contributed by atoms with Crippen molar-refractivity contribution in [2.24, 2.45) is 5.92 Å². The van der Waals surface area contributed by atoms with E-state index in [0.717, 1.165) is 19.0 Å². The number of nitrogens with one attached hydrogen (secondary N) is 1. The Morgan fingerprint density at radius 1 is 1.22 bits per heavy atom. The zero-order valence-corrected chi connectivity index (χ0v) is 10.9. The third kappa shape index (κ3) is 3.97. The van der Waals surface area contributed by atoms with Crippen LogP contribution in [0, 0.1) is 5.92 Å². The molecule has 1 aromatic carbocycles. The molecule has 2 rings (SSSR count). The summed E-state index contributed by atoms with van der Waals surface area (Å²) in [5.74, 6) is 0.982. The molecule has 0 saturated carbocycles. The molecule has 0 unspecified atom stereocenters. The molecule has 1 aromatic rings. The van der Waals surface area contributed by atoms with Crippen LogP contribution in [0.1, 0.15) is 30.7 Å². The molecular weight excluding hydrogens is 222 g/mol. The molecule has 0 heterocycles. The molecule has 0 bridgehead atoms. The first-order valence-corrected chi connectivity index (χ1v) is 6.91. The molecule has 0 aliphatic heterocycles. The highest BCUT2D eigenvalue weighted by atomic mass is 16.3. The van der Waals surface area contributed by atoms with Gasteiger partial charge < -0.3 is 10.4 Å². The van der Waals surface area contributed by atoms with Gasteiger partial charge in [0.25, 0.3) is 0 Å². The molecule has 0 radical (unpaired) electrons. The van der Waals surface area contributed by atoms with Gasteiger partial charge in [0.2, 0.25) is 0 Å². The fourth-order valence-corrected chi connectivity index (χ4v) is 2.52. The summed E-state index contributed by atoms with van der Waals surface area (Å²) < 4.78 is 0. The minimum atomic E-state index is 0.210. The SMILES string of the molecule is OC[C@@H](CNC[C@H]1CC=CCC1)c1ccccc1. The Morgan fingerprint density at radius 2 is 2.06 bits per heavy atom. The summed E-state index contributed by atoms with van der Waals surface area (Å²) in [6.45, 7) is 2.13. The van der Waals surface area contributed by atoms with E-state index in [1.54, 1.807) is 0 Å². The van der Waals surface area contributed by atoms with Crippen LogP contribution in [0.15, 0.2) is 42.5 Å². The lowest BCUT2D eigenvalue weighted by atomic mass is 9.94. The van der Waals surface area contributed by atoms with Gasteiger partial charge in [-0.25, -0.2) is 0 Å². The van der Waals surface area contributed by atoms with Gasteiger partial charge in [-0.1, -0.05) is 42.5 Å². The average Bonchev–Trinajstić information content (AvgIpc) is 2.46. The minimum Gasteiger partial charge on any atom is -0.396 e. The lowest BCUT2D eigenvalue weighted by Crippen LogP contribution is -2.29. The third-order valence-electron chi connectivity index (χ3n) is 3.69. The van der Waals surface area contributed by atoms with Crippen LogP contribution in [0.2, 0.25) is 0 Å². The van der Waals surface area contributed by atoms with Gasteiger partial charge >= 0.3 is 0 Å². The smallest absolute Gasteiger partial charge is 0.0511 e. The van der Waals surface area contributed by atoms with Gasteiger partial charge in [-0.2, -0.15) is 0 Å². The van der Waals surface area contributed by atoms with Gasteiger partial charge in [0.15, 0.2) is 0 Å². The van der Waals surface area contributed by atoms with E-state index in [0.29, 0.717) is 0 Å². The van der Waals surface area contributed by atoms with Crippen molar-refractivity contribution < 1.29 is 5.11 Å². The number of rotatable bonds is 6. The van der Waals surface area contributed by atoms with E-state index in [-0.39, 0.29) is 12.5 Å². The quantitative estimate of drug-likeness (QED) is 0.755. The van der Waals surface area contributed by atoms with Crippen molar-refractivity contribution in [1.82, 2.24) is 5.32 Å². The van der Waals surface area contributed by atoms with Crippen LogP contribution in [0.4, 0.5) is 0 Å². The second kappa shape index (κ2) is 7.34. The first kappa shape index (κ1) is 13.3. The second-order valence-electron chi connectivity index (χ2n) is 5.10. The Kier molecular flexibility index (Phi) is 5.43. The molecule has 1 aliphatic carbocycles. The lowest BCUT2D eigenvalue weighted by Gasteiger charge is -2.21. The molecule has 0 amide bonds. The van der Waals surface area contributed by atoms with Crippen molar-refractivity contribution in [3.05, 3.63) is 48.0 Å². The van der Waals surface area contributed by atoms with Gasteiger partial charge in [-0.15, -0.1) is 0 Å². The lowest BCUT2D eigenvalue weighted by molar-refractivity contribution is 0.259. The van der Waals surface area contributed by atoms with Gasteiger partial charge in [0.1, 0.15) is 0 Å². The van der Waals surface area contributed by atoms with Crippen LogP contribution in [0.5, 0.6) is 0 Å². The number of hydrogen-bond acceptors (Lipinski definition) is 2. The van der Waals surface area contributed by atoms with Crippen molar-refractivity contribution in [2.45, 2.75) is 25.2 Å². The Balaban J connectivity index is 1.75. The number of aliphatic hydroxyl groups is 1. The molecule has 0 aromatic heterocycles. The maximum absolute atomic E-state index is 9.47. The first-order valence-electron chi connectivity index (χ1n) is 6.91. The Hall–Kier alpha value is -1.12. The van der Waals surface area contributed by atoms with Crippen LogP contribution in [0.3, 0.4) is 0 Å². The number of aliphatic hydroxyl groups excluding tert-OH is 1. The average molecular weight is 245 g/mol. The molecule has 2 atom stereocenters. The number of hydrogen-bond donors (Lipinski definition) is 2. The monoisotopic (exact) mass is 245 g/mol. The van der Waals surface area contributed by atoms with Crippen LogP contribution >= 0.6 is 0 Å². The molecule has 0 spiro atoms. The van der Waals surface area contributed by atoms with E-state index in [9.17, 15) is 5.11 Å². The van der Waals surface area contributed by atoms with Gasteiger partial charge in [0.05, 0.1) is 6.61 Å². The Bertz CT molecular complexity index is 361. The highest BCUT2D eigenvalue weighted by molar-refractivity contribution is 5.19. The summed E-state index contributed by atoms with van der Waals surface area (Å²) >= 11 is 0. The fraction of sp³-hybridized carbons (Fsp3) is 0.500. The molecule has 0 saturated heterocycles. The first-order chi connectivity index (χ1) is 8.90. The van der Waals surface area contributed by atoms with Crippen LogP contribution in [-0.2, 0) is 0 Å². The highest BCUT2D eigenvalue weighted by Gasteiger charge is 2.12. The van der Waals surface area contributed by atoms with Crippen molar-refractivity contribution >= 4 is 0 Å². The topological polar surface area (TPSA) is 32.3 Å². The van der Waals surface area contributed by atoms with Crippen molar-refractivity contribution in [3.63, 3.8) is 0 Å². The highest BCUT2D eigenvalue weighted by Crippen LogP contribution is 2.18. The Morgan fingerprint density at radius 3 is 2.72 bits per heavy atom. The molecular formula is C16H23NO. The number of allylic oxidation sites excluding steroid dienone is 2. The third-order valence-corrected chi connectivity index (χ3v) is 3.69. The van der Waals surface area contributed by atoms with E-state index in [4.69, 9.17) is 0 Å². The minimum absolute atomic E-state index is 0.210. The second-order valence-corrected chi connectivity index (χ2v) is 5.10. The van der Waals surface area contributed by atoms with E-state index >= 15 is 0 Å². The van der Waals surface area contributed by atoms with Gasteiger partial charge in [-0.3, -0.25) is 0 Å². The molecule has 98 valence electrons. The summed E-state index contributed by atoms with van der Waals surface area (Å²) in [4.78, 5) is 0. The summed E-state index contributed by atoms with van der Waals surface area (Å²) in [7, 11) is 0. The van der Waals surface area contributed by atoms with Crippen LogP contribution in [0.25, 0.3) is 0 Å². The summed E-state index contributed by atoms with van der Waals surface area (Å²) in [6, 6.07) is 10.3. The molecule has 2 nitrogen and oxygen atoms in total. The summed E-state index contributed by atoms with van der Waals surface area (Å²) in [6.07, 6.45) is 8.27. The molecule has 0 fully saturated rings. The van der Waals surface area contributed by atoms with Gasteiger partial charge in [-0.05, 0) is 37.3 Å². The largest absolute Gasteiger partial charge is 0.396 e. The van der Waals surface area contributed by atoms with E-state index < -0.39 is 0 Å². The normalized spacial score (nSPS) is 20.8. The molecule has 2 N–H and O–H groups in total. The zero-order chi connectivity index (χ0) is 12.6. The predicted molar refractivity (Wildman–Crippen MR) is 75.6 cm³/mol. The van der Waals surface area contributed by atoms with Gasteiger partial charge in [0, 0.05) is 12.5 Å². The van der Waals surface area contributed by atoms with Crippen molar-refractivity contribution in [2.75, 3.05) is 19.7 Å². The van der Waals surface area contributed by atoms with Crippen molar-refractivity contribution in [1.29, 1.82) is 0 Å². The van der Waals surface area contributed by atoms with Crippen molar-refractivity contribution in [3.8, 4) is 0 Å². The number of benzene rings is 1. The molecule has 18 heavy (non-hydrogen) atoms. The summed E-state index contributed by atoms with van der Waals surface area (Å²) in [5.41, 5.74) is 1.22. The zero-order valence-electron chi connectivity index (χ0n) is 10.9. The van der Waals surface area contributed by atoms with Crippen LogP contribution in [-0.4, -0.2) is 24.8 Å². The maximum atomic E-state index is 9.47. The molecule has 1 aliphatic rings. The summed E-state index contributed by atoms with van der Waals surface area (Å²) in [5, 5.41) is 13.0. The van der Waals surface area contributed by atoms with Crippen LogP contribution < -0.4 is 5.32 Å². The van der Waals surface area contributed by atoms with E-state index in [1.165, 1.54) is 24.8 Å². The predicted octanol–water partition coefficient (Wildman–Crippen LogP) is 2.71. The Labute approximate surface area is 110 Å². The fourth-order valence-electron chi connectivity index (χ4n) is 2.52. The standard InChI is InChI=1S/C16H23NO/c18-13-16(15-9-5-2-6-10-15)12-17-11-14-7-3-1-4-8-14/h1-3,5-6,9-10,14,16-18H,4,7-8,11-13H2/t14-,16+/m0/s1. The van der Waals surface area contributed by atoms with E-state index in [1.807, 2.05) is 18.2 Å².